The number of halogens is 1. The predicted molar refractivity (Wildman–Crippen MR) is 220 cm³/mol. The molecule has 0 aliphatic heterocycles. The maximum Gasteiger partial charge on any atom is 0.162 e. The molecule has 0 saturated carbocycles. The molecule has 0 saturated heterocycles. The molecule has 3 nitrogen and oxygen atoms in total. The summed E-state index contributed by atoms with van der Waals surface area (Å²) in [5.74, 6) is 2.25. The molecular formula is C44H81FN2O. The van der Waals surface area contributed by atoms with E-state index in [0.29, 0.717) is 0 Å². The smallest absolute Gasteiger partial charge is 0.162 e. The first-order valence-electron chi connectivity index (χ1n) is 18.6. The molecule has 0 bridgehead atoms. The zero-order valence-corrected chi connectivity index (χ0v) is 34.7. The zero-order chi connectivity index (χ0) is 38.5. The first kappa shape index (κ1) is 54.7. The van der Waals surface area contributed by atoms with Crippen LogP contribution in [-0.4, -0.2) is 25.2 Å². The molecule has 1 unspecified atom stereocenters. The van der Waals surface area contributed by atoms with Crippen molar-refractivity contribution in [1.29, 1.82) is 0 Å². The average Bonchev–Trinajstić information content (AvgIpc) is 3.05. The molecule has 4 heteroatoms. The molecule has 1 rings (SSSR count). The number of benzene rings is 1. The second-order valence-electron chi connectivity index (χ2n) is 12.5. The van der Waals surface area contributed by atoms with Crippen molar-refractivity contribution in [1.82, 2.24) is 5.32 Å². The number of nitrogens with one attached hydrogen (secondary N) is 1. The fourth-order valence-corrected chi connectivity index (χ4v) is 3.70. The van der Waals surface area contributed by atoms with Crippen molar-refractivity contribution in [3.63, 3.8) is 0 Å². The van der Waals surface area contributed by atoms with E-state index in [1.807, 2.05) is 13.8 Å². The Kier molecular flexibility index (Phi) is 46.1. The van der Waals surface area contributed by atoms with Gasteiger partial charge in [-0.2, -0.15) is 0 Å². The molecule has 1 N–H and O–H groups in total. The quantitative estimate of drug-likeness (QED) is 0.0925. The third-order valence-corrected chi connectivity index (χ3v) is 7.42. The van der Waals surface area contributed by atoms with E-state index in [4.69, 9.17) is 0 Å². The number of Topliss-reactive ketones (excluding diaryl/α,β-unsaturated/α-hetero) is 1. The molecule has 0 heterocycles. The number of carbonyl (C=O) groups is 1. The summed E-state index contributed by atoms with van der Waals surface area (Å²) < 4.78 is 12.9. The third-order valence-electron chi connectivity index (χ3n) is 7.42. The Morgan fingerprint density at radius 2 is 1.33 bits per heavy atom. The van der Waals surface area contributed by atoms with Crippen molar-refractivity contribution in [2.45, 2.75) is 161 Å². The number of aryl methyl sites for hydroxylation is 1. The van der Waals surface area contributed by atoms with Crippen LogP contribution in [0, 0.1) is 24.6 Å². The van der Waals surface area contributed by atoms with Crippen LogP contribution in [0.25, 0.3) is 0 Å². The van der Waals surface area contributed by atoms with Gasteiger partial charge in [-0.25, -0.2) is 4.39 Å². The second-order valence-corrected chi connectivity index (χ2v) is 12.5. The number of hydrogen-bond donors (Lipinski definition) is 1. The van der Waals surface area contributed by atoms with Gasteiger partial charge in [0.05, 0.1) is 5.56 Å². The monoisotopic (exact) mass is 673 g/mol. The summed E-state index contributed by atoms with van der Waals surface area (Å²) in [4.78, 5) is 14.9. The number of carbonyl (C=O) groups excluding carboxylic acids is 1. The predicted octanol–water partition coefficient (Wildman–Crippen LogP) is 14.5. The Labute approximate surface area is 300 Å². The van der Waals surface area contributed by atoms with E-state index in [1.165, 1.54) is 82.4 Å². The van der Waals surface area contributed by atoms with E-state index < -0.39 is 5.82 Å². The first-order valence-corrected chi connectivity index (χ1v) is 18.6. The minimum atomic E-state index is -0.433. The van der Waals surface area contributed by atoms with Crippen LogP contribution in [0.5, 0.6) is 0 Å². The van der Waals surface area contributed by atoms with E-state index >= 15 is 0 Å². The van der Waals surface area contributed by atoms with Crippen molar-refractivity contribution in [2.75, 3.05) is 13.6 Å². The highest BCUT2D eigenvalue weighted by Gasteiger charge is 2.05. The van der Waals surface area contributed by atoms with Crippen molar-refractivity contribution in [3.05, 3.63) is 83.8 Å². The lowest BCUT2D eigenvalue weighted by Gasteiger charge is -2.09. The van der Waals surface area contributed by atoms with Gasteiger partial charge in [0.2, 0.25) is 0 Å². The molecule has 0 aliphatic carbocycles. The van der Waals surface area contributed by atoms with Crippen LogP contribution in [0.1, 0.15) is 170 Å². The molecule has 1 aromatic carbocycles. The Morgan fingerprint density at radius 3 is 1.60 bits per heavy atom. The van der Waals surface area contributed by atoms with Gasteiger partial charge in [0, 0.05) is 20.0 Å². The summed E-state index contributed by atoms with van der Waals surface area (Å²) in [6.45, 7) is 41.2. The lowest BCUT2D eigenvalue weighted by atomic mass is 10.0. The van der Waals surface area contributed by atoms with Crippen LogP contribution in [0.2, 0.25) is 0 Å². The van der Waals surface area contributed by atoms with E-state index in [2.05, 4.69) is 105 Å². The van der Waals surface area contributed by atoms with E-state index in [0.717, 1.165) is 47.3 Å². The number of rotatable bonds is 14. The molecule has 1 aromatic rings. The molecule has 1 atom stereocenters. The average molecular weight is 673 g/mol. The van der Waals surface area contributed by atoms with Gasteiger partial charge in [-0.3, -0.25) is 9.79 Å². The molecule has 0 radical (unpaired) electrons. The van der Waals surface area contributed by atoms with Crippen LogP contribution in [0.4, 0.5) is 4.39 Å². The summed E-state index contributed by atoms with van der Waals surface area (Å²) in [6.07, 6.45) is 16.9. The summed E-state index contributed by atoms with van der Waals surface area (Å²) >= 11 is 0. The second kappa shape index (κ2) is 40.4. The van der Waals surface area contributed by atoms with Crippen LogP contribution in [0.3, 0.4) is 0 Å². The maximum atomic E-state index is 12.9. The standard InChI is InChI=1S/C11H20N2.C9H9FO.C8H18.C7H16.C5H8.C4H10/c1-6-9(3)10(4)8-11(12-5)13-7-2;1-6-3-4-8(7(2)11)9(10)5-6;1-4-6-8(3)7-5-2;1-4-6-7(3)5-2;1-4-5(2)3;1-3-4-2/h6H,4,7-8H2,1-3,5H3,(H,12,13);3-5H,1-2H3;8H,4-7H2,1-3H3;7H,4-6H2,1-3H3;4H,1-2H2,3H3;3-4H2,1-2H3/b9-6+;;;;;. The molecule has 0 amide bonds. The van der Waals surface area contributed by atoms with Crippen LogP contribution in [0.15, 0.2) is 71.8 Å². The van der Waals surface area contributed by atoms with Gasteiger partial charge in [-0.15, -0.1) is 0 Å². The van der Waals surface area contributed by atoms with Crippen molar-refractivity contribution in [2.24, 2.45) is 16.8 Å². The molecule has 0 fully saturated rings. The lowest BCUT2D eigenvalue weighted by molar-refractivity contribution is 0.101. The van der Waals surface area contributed by atoms with Gasteiger partial charge in [-0.1, -0.05) is 162 Å². The molecule has 280 valence electrons. The number of amidine groups is 1. The lowest BCUT2D eigenvalue weighted by Crippen LogP contribution is -2.23. The summed E-state index contributed by atoms with van der Waals surface area (Å²) in [7, 11) is 1.80. The number of unbranched alkanes of at least 4 members (excludes halogenated alkanes) is 1. The highest BCUT2D eigenvalue weighted by Crippen LogP contribution is 2.12. The minimum Gasteiger partial charge on any atom is -0.374 e. The highest BCUT2D eigenvalue weighted by molar-refractivity contribution is 5.94. The van der Waals surface area contributed by atoms with Gasteiger partial charge >= 0.3 is 0 Å². The number of hydrogen-bond acceptors (Lipinski definition) is 2. The molecule has 0 spiro atoms. The Hall–Kier alpha value is -2.75. The Balaban J connectivity index is -0.000000161. The van der Waals surface area contributed by atoms with E-state index in [-0.39, 0.29) is 11.3 Å². The maximum absolute atomic E-state index is 12.9. The van der Waals surface area contributed by atoms with E-state index in [9.17, 15) is 9.18 Å². The van der Waals surface area contributed by atoms with Gasteiger partial charge in [0.1, 0.15) is 11.7 Å². The van der Waals surface area contributed by atoms with Gasteiger partial charge in [0.25, 0.3) is 0 Å². The molecule has 0 aliphatic rings. The molecular weight excluding hydrogens is 591 g/mol. The van der Waals surface area contributed by atoms with Crippen molar-refractivity contribution >= 4 is 11.6 Å². The van der Waals surface area contributed by atoms with Gasteiger partial charge in [-0.05, 0) is 76.6 Å². The van der Waals surface area contributed by atoms with Gasteiger partial charge < -0.3 is 5.32 Å². The molecule has 0 aromatic heterocycles. The fraction of sp³-hybridized carbons (Fsp3) is 0.636. The van der Waals surface area contributed by atoms with Crippen LogP contribution < -0.4 is 5.32 Å². The minimum absolute atomic E-state index is 0.163. The topological polar surface area (TPSA) is 41.5 Å². The molecule has 48 heavy (non-hydrogen) atoms. The number of ketones is 1. The van der Waals surface area contributed by atoms with Gasteiger partial charge in [0.15, 0.2) is 5.78 Å². The van der Waals surface area contributed by atoms with Crippen molar-refractivity contribution in [3.8, 4) is 0 Å². The summed E-state index contributed by atoms with van der Waals surface area (Å²) in [6, 6.07) is 4.59. The largest absolute Gasteiger partial charge is 0.374 e. The Morgan fingerprint density at radius 1 is 0.875 bits per heavy atom. The highest BCUT2D eigenvalue weighted by atomic mass is 19.1. The number of allylic oxidation sites excluding steroid dienone is 4. The summed E-state index contributed by atoms with van der Waals surface area (Å²) in [5, 5.41) is 3.20. The Bertz CT molecular complexity index is 982. The number of nitrogens with zero attached hydrogens (tertiary/aromatic N) is 1. The SMILES string of the molecule is C=C(CC(=NC)NCC)/C(C)=C/C.C=CC(=C)C.CC(=O)c1ccc(C)cc1F.CCCC.CCCC(C)CC.CCCC(C)CCC. The summed E-state index contributed by atoms with van der Waals surface area (Å²) in [5.41, 5.74) is 4.37. The zero-order valence-electron chi connectivity index (χ0n) is 34.7. The van der Waals surface area contributed by atoms with Crippen LogP contribution in [-0.2, 0) is 0 Å². The fourth-order valence-electron chi connectivity index (χ4n) is 3.70. The third kappa shape index (κ3) is 41.3. The number of aliphatic imine (C=N–C) groups is 1. The van der Waals surface area contributed by atoms with E-state index in [1.54, 1.807) is 26.1 Å². The van der Waals surface area contributed by atoms with Crippen LogP contribution >= 0.6 is 0 Å². The first-order chi connectivity index (χ1) is 22.6. The van der Waals surface area contributed by atoms with Crippen molar-refractivity contribution < 1.29 is 9.18 Å². The normalized spacial score (nSPS) is 10.9.